The van der Waals surface area contributed by atoms with Gasteiger partial charge in [0.25, 0.3) is 0 Å². The van der Waals surface area contributed by atoms with Gasteiger partial charge in [0.05, 0.1) is 29.2 Å². The third-order valence-corrected chi connectivity index (χ3v) is 16.4. The number of carbonyl (C=O) groups is 4. The smallest absolute Gasteiger partial charge is 0.247 e. The minimum absolute atomic E-state index is 0.00926. The molecule has 0 aliphatic carbocycles. The maximum absolute atomic E-state index is 10.8. The lowest BCUT2D eigenvalue weighted by atomic mass is 9.98. The van der Waals surface area contributed by atoms with Crippen molar-refractivity contribution in [3.63, 3.8) is 0 Å². The van der Waals surface area contributed by atoms with Crippen molar-refractivity contribution < 1.29 is 29.4 Å². The van der Waals surface area contributed by atoms with Crippen molar-refractivity contribution in [3.05, 3.63) is 136 Å². The molecular weight excluding hydrogens is 1790 g/mol. The zero-order valence-corrected chi connectivity index (χ0v) is 98.3. The van der Waals surface area contributed by atoms with Crippen LogP contribution in [0.3, 0.4) is 0 Å². The summed E-state index contributed by atoms with van der Waals surface area (Å²) in [5.41, 5.74) is 25.2. The normalized spacial score (nSPS) is 11.9. The van der Waals surface area contributed by atoms with Gasteiger partial charge in [-0.2, -0.15) is 20.8 Å². The van der Waals surface area contributed by atoms with Crippen molar-refractivity contribution >= 4 is 41.0 Å². The molecule has 0 saturated carbocycles. The second kappa shape index (κ2) is 92.6. The molecule has 4 amide bonds. The van der Waals surface area contributed by atoms with Gasteiger partial charge in [-0.25, -0.2) is 9.97 Å². The monoisotopic (exact) mass is 2000 g/mol. The number of aromatic nitrogens is 17. The fraction of sp³-hybridized carbons (Fsp3) is 0.726. The number of amidine groups is 2. The molecule has 0 fully saturated rings. The van der Waals surface area contributed by atoms with Gasteiger partial charge in [0.15, 0.2) is 17.5 Å². The number of nitrogens with two attached hydrogens (primary N) is 4. The van der Waals surface area contributed by atoms with Crippen LogP contribution in [-0.2, 0) is 19.2 Å². The molecule has 822 valence electrons. The van der Waals surface area contributed by atoms with Gasteiger partial charge < -0.3 is 64.1 Å². The first-order chi connectivity index (χ1) is 65.2. The number of aliphatic hydroxyl groups is 2. The van der Waals surface area contributed by atoms with Crippen LogP contribution < -0.4 is 44.4 Å². The van der Waals surface area contributed by atoms with Crippen LogP contribution in [0.2, 0.25) is 0 Å². The van der Waals surface area contributed by atoms with E-state index in [9.17, 15) is 29.1 Å². The molecule has 19 N–H and O–H groups in total. The van der Waals surface area contributed by atoms with E-state index >= 15 is 0 Å². The Balaban J connectivity index is -0.000000163. The number of pyridine rings is 1. The van der Waals surface area contributed by atoms with Crippen LogP contribution in [0.4, 0.5) is 0 Å². The van der Waals surface area contributed by atoms with E-state index in [0.717, 1.165) is 70.5 Å². The van der Waals surface area contributed by atoms with E-state index in [1.54, 1.807) is 46.0 Å². The van der Waals surface area contributed by atoms with Gasteiger partial charge in [-0.05, 0) is 139 Å². The van der Waals surface area contributed by atoms with E-state index < -0.39 is 0 Å². The molecule has 8 rings (SSSR count). The van der Waals surface area contributed by atoms with Gasteiger partial charge in [0.2, 0.25) is 29.2 Å². The van der Waals surface area contributed by atoms with Crippen molar-refractivity contribution in [2.24, 2.45) is 125 Å². The second-order valence-corrected chi connectivity index (χ2v) is 41.8. The molecule has 36 nitrogen and oxygen atoms in total. The number of rotatable bonds is 23. The lowest BCUT2D eigenvalue weighted by Gasteiger charge is -2.15. The number of hydrogen-bond acceptors (Lipinski definition) is 24. The Morgan fingerprint density at radius 2 is 0.796 bits per heavy atom. The van der Waals surface area contributed by atoms with Gasteiger partial charge in [-0.3, -0.25) is 34.0 Å². The fourth-order valence-corrected chi connectivity index (χ4v) is 7.54. The minimum atomic E-state index is -0.241. The van der Waals surface area contributed by atoms with E-state index in [1.807, 2.05) is 223 Å². The number of aliphatic imine (C=N–C) groups is 2. The molecule has 0 saturated heterocycles. The van der Waals surface area contributed by atoms with Gasteiger partial charge >= 0.3 is 0 Å². The molecule has 142 heavy (non-hydrogen) atoms. The van der Waals surface area contributed by atoms with E-state index in [0.29, 0.717) is 101 Å². The van der Waals surface area contributed by atoms with Crippen molar-refractivity contribution in [1.29, 1.82) is 0 Å². The van der Waals surface area contributed by atoms with Crippen LogP contribution in [0.5, 0.6) is 0 Å². The highest BCUT2D eigenvalue weighted by Gasteiger charge is 2.14. The Morgan fingerprint density at radius 1 is 0.458 bits per heavy atom. The third-order valence-electron chi connectivity index (χ3n) is 16.4. The number of nitrogens with zero attached hydrogens (tertiary/aromatic N) is 16. The number of imidazole rings is 2. The average Bonchev–Trinajstić information content (AvgIpc) is 1.75. The maximum Gasteiger partial charge on any atom is 0.247 e. The second-order valence-electron chi connectivity index (χ2n) is 41.8. The van der Waals surface area contributed by atoms with Crippen LogP contribution in [0.25, 0.3) is 0 Å². The Kier molecular flexibility index (Phi) is 98.7. The zero-order chi connectivity index (χ0) is 113. The summed E-state index contributed by atoms with van der Waals surface area (Å²) in [6, 6.07) is 6.11. The van der Waals surface area contributed by atoms with Crippen LogP contribution in [0, 0.1) is 76.9 Å². The number of aliphatic hydroxyl groups excluding tert-OH is 2. The van der Waals surface area contributed by atoms with Crippen molar-refractivity contribution in [2.45, 2.75) is 424 Å². The molecule has 1 atom stereocenters. The first-order valence-corrected chi connectivity index (χ1v) is 50.8. The predicted octanol–water partition coefficient (Wildman–Crippen LogP) is 22.8. The number of H-pyrrole nitrogens is 6. The van der Waals surface area contributed by atoms with Crippen molar-refractivity contribution in [1.82, 2.24) is 103 Å². The molecule has 0 spiro atoms. The number of dihydropyridines is 1. The molecule has 0 bridgehead atoms. The van der Waals surface area contributed by atoms with Crippen LogP contribution in [0.1, 0.15) is 435 Å². The number of carbonyl (C=O) groups excluding carboxylic acids is 4. The largest absolute Gasteiger partial charge is 0.512 e. The molecule has 2 aliphatic heterocycles. The minimum Gasteiger partial charge on any atom is -0.512 e. The highest BCUT2D eigenvalue weighted by atomic mass is 16.3. The quantitative estimate of drug-likeness (QED) is 0.0161. The Bertz CT molecular complexity index is 3880. The molecule has 2 aliphatic rings. The molecule has 6 aromatic rings. The fourth-order valence-electron chi connectivity index (χ4n) is 7.54. The summed E-state index contributed by atoms with van der Waals surface area (Å²) in [6.07, 6.45) is 15.8. The van der Waals surface area contributed by atoms with Gasteiger partial charge in [0.1, 0.15) is 18.2 Å². The Labute approximate surface area is 861 Å². The van der Waals surface area contributed by atoms with Crippen molar-refractivity contribution in [3.8, 4) is 0 Å². The highest BCUT2D eigenvalue weighted by Crippen LogP contribution is 2.18. The van der Waals surface area contributed by atoms with Crippen LogP contribution in [0.15, 0.2) is 116 Å². The van der Waals surface area contributed by atoms with E-state index in [1.165, 1.54) is 17.5 Å². The van der Waals surface area contributed by atoms with Gasteiger partial charge in [0, 0.05) is 143 Å². The highest BCUT2D eigenvalue weighted by molar-refractivity contribution is 5.88. The molecule has 0 radical (unpaired) electrons. The number of nitrogens with one attached hydrogen (secondary N) is 9. The molecule has 1 unspecified atom stereocenters. The number of tetrazole rings is 3. The summed E-state index contributed by atoms with van der Waals surface area (Å²) >= 11 is 0. The molecular formula is C106H211N29O7. The SMILES string of the molecule is C=C1C=CC=CN1.CC(C)/C=C(\O)C(C)C.CC(C)C.CC(C)C.CC(C)C(N)=O.CC(C)C(N)=O.CC(C)C1=NN=NC1.CC(C)CC(O)C(C)C.CC(C)N=C(N)C(C)C.CC(C)N=C(N)C(C)C.CC(C)NC(=O)C(C)C.CC(C)NC(=O)C(C)C.CC(C)c1cnc(C(C)C)[nH]1.CC(C)c1cnc(C(C)C)[nH]1.CC(C)c1nn[nH]n1.CC(C)c1nn[nH]n1.CC(C)c1nn[nH]n1.O=c1cccc[nH]1. The molecule has 6 aromatic heterocycles. The standard InChI is InChI=1S/2C9H16N2.C8H18O.C8H16O.2C7H16N2.2C7H15NO.C6H7N.C5H9N3.C5H5NO.3C4H8N4.2C4H9NO.2C4H10/c2*1-6(2)8-5-10-9(11-8)7(3)4;2*1-6(2)5-8(9)7(3)4;2*1-5(2)7(8)9-6(3)4;2*1-5(2)7(9)8-6(3)4;1-6-4-2-3-5-7-6;1-4(2)5-3-6-8-7-5;7-5-3-1-2-4-6-5;3*1-3(2)4-5-7-8-6-4;2*1-3(2)4(5)6;2*1-4(2)3/h2*5-7H,1-4H3,(H,10,11);6-9H,5H2,1-4H3;5-7,9H,1-4H3;2*5-6H,1-4H3,(H2,8,9);2*5-6H,1-4H3,(H,8,9);2-5,7H,1H2;4H,3H2,1-2H3;1-4H,(H,6,7);3*3H,1-2H3,(H,5,6,7,8);2*3H,1-2H3,(H2,5,6);2*4H,1-3H3/b;;;8-5-;;;;;;;;;;;;;;. The van der Waals surface area contributed by atoms with E-state index in [2.05, 4.69) is 273 Å². The number of amides is 4. The summed E-state index contributed by atoms with van der Waals surface area (Å²) in [5.74, 6) is 14.4. The van der Waals surface area contributed by atoms with E-state index in [-0.39, 0.29) is 77.0 Å². The van der Waals surface area contributed by atoms with Gasteiger partial charge in [-0.1, -0.05) is 325 Å². The summed E-state index contributed by atoms with van der Waals surface area (Å²) < 4.78 is 0. The molecule has 36 heteroatoms. The first kappa shape index (κ1) is 151. The number of primary amides is 2. The molecule has 8 heterocycles. The topological polar surface area (TPSA) is 564 Å². The third kappa shape index (κ3) is 110. The van der Waals surface area contributed by atoms with Crippen LogP contribution in [-0.4, -0.2) is 175 Å². The summed E-state index contributed by atoms with van der Waals surface area (Å²) in [7, 11) is 0. The number of hydrogen-bond donors (Lipinski definition) is 15. The predicted molar refractivity (Wildman–Crippen MR) is 597 cm³/mol. The van der Waals surface area contributed by atoms with Gasteiger partial charge in [-0.15, -0.1) is 35.7 Å². The Hall–Kier alpha value is -10.8. The summed E-state index contributed by atoms with van der Waals surface area (Å²) in [4.78, 5) is 77.7. The summed E-state index contributed by atoms with van der Waals surface area (Å²) in [5, 5.41) is 78.0. The molecule has 0 aromatic carbocycles. The number of allylic oxidation sites excluding steroid dienone is 5. The average molecular weight is 2000 g/mol. The first-order valence-electron chi connectivity index (χ1n) is 50.8. The lowest BCUT2D eigenvalue weighted by molar-refractivity contribution is -0.125. The Morgan fingerprint density at radius 3 is 0.901 bits per heavy atom. The summed E-state index contributed by atoms with van der Waals surface area (Å²) in [6.45, 7) is 106. The van der Waals surface area contributed by atoms with Crippen LogP contribution >= 0.6 is 0 Å². The number of aromatic amines is 6. The lowest BCUT2D eigenvalue weighted by Crippen LogP contribution is -2.33. The maximum atomic E-state index is 10.8. The van der Waals surface area contributed by atoms with Crippen molar-refractivity contribution in [2.75, 3.05) is 6.54 Å². The zero-order valence-electron chi connectivity index (χ0n) is 98.3. The van der Waals surface area contributed by atoms with E-state index in [4.69, 9.17) is 28.0 Å².